The summed E-state index contributed by atoms with van der Waals surface area (Å²) in [7, 11) is 0. The van der Waals surface area contributed by atoms with Crippen LogP contribution in [0, 0.1) is 11.8 Å². The lowest BCUT2D eigenvalue weighted by Gasteiger charge is -2.11. The Labute approximate surface area is 134 Å². The Morgan fingerprint density at radius 3 is 2.36 bits per heavy atom. The topological polar surface area (TPSA) is 54.9 Å². The summed E-state index contributed by atoms with van der Waals surface area (Å²) in [5, 5.41) is 3.02. The van der Waals surface area contributed by atoms with Crippen molar-refractivity contribution in [3.05, 3.63) is 58.6 Å². The molecule has 0 unspecified atom stereocenters. The van der Waals surface area contributed by atoms with E-state index in [1.165, 1.54) is 0 Å². The quantitative estimate of drug-likeness (QED) is 0.700. The fourth-order valence-corrected chi connectivity index (χ4v) is 1.95. The summed E-state index contributed by atoms with van der Waals surface area (Å²) in [4.78, 5) is 19.5. The van der Waals surface area contributed by atoms with E-state index >= 15 is 0 Å². The van der Waals surface area contributed by atoms with Gasteiger partial charge in [0, 0.05) is 24.5 Å². The lowest BCUT2D eigenvalue weighted by atomic mass is 9.99. The molecule has 4 nitrogen and oxygen atoms in total. The Morgan fingerprint density at radius 1 is 1.18 bits per heavy atom. The van der Waals surface area contributed by atoms with E-state index in [9.17, 15) is 4.79 Å². The molecule has 0 fully saturated rings. The van der Waals surface area contributed by atoms with Gasteiger partial charge in [0.05, 0.1) is 11.5 Å². The van der Waals surface area contributed by atoms with Crippen molar-refractivity contribution >= 4 is 17.5 Å². The molecule has 0 spiro atoms. The van der Waals surface area contributed by atoms with Crippen LogP contribution in [0.2, 0.25) is 5.28 Å². The van der Waals surface area contributed by atoms with E-state index in [-0.39, 0.29) is 17.1 Å². The zero-order valence-corrected chi connectivity index (χ0v) is 13.2. The molecule has 0 radical (unpaired) electrons. The van der Waals surface area contributed by atoms with Crippen LogP contribution < -0.4 is 5.32 Å². The van der Waals surface area contributed by atoms with Crippen molar-refractivity contribution in [1.29, 1.82) is 0 Å². The summed E-state index contributed by atoms with van der Waals surface area (Å²) in [6.07, 6.45) is 3.15. The lowest BCUT2D eigenvalue weighted by Crippen LogP contribution is -2.27. The summed E-state index contributed by atoms with van der Waals surface area (Å²) in [6, 6.07) is 7.63. The molecule has 1 aromatic heterocycles. The van der Waals surface area contributed by atoms with Crippen LogP contribution in [0.5, 0.6) is 0 Å². The predicted octanol–water partition coefficient (Wildman–Crippen LogP) is 2.77. The van der Waals surface area contributed by atoms with Crippen LogP contribution in [-0.2, 0) is 4.79 Å². The van der Waals surface area contributed by atoms with Crippen molar-refractivity contribution in [2.45, 2.75) is 19.8 Å². The molecule has 5 heteroatoms. The summed E-state index contributed by atoms with van der Waals surface area (Å²) < 4.78 is 0. The third-order valence-electron chi connectivity index (χ3n) is 3.13. The number of benzene rings is 1. The van der Waals surface area contributed by atoms with Gasteiger partial charge in [-0.2, -0.15) is 0 Å². The van der Waals surface area contributed by atoms with Gasteiger partial charge in [0.1, 0.15) is 0 Å². The molecule has 1 N–H and O–H groups in total. The molecule has 1 amide bonds. The third kappa shape index (κ3) is 4.31. The monoisotopic (exact) mass is 313 g/mol. The number of amides is 1. The van der Waals surface area contributed by atoms with Gasteiger partial charge < -0.3 is 5.32 Å². The van der Waals surface area contributed by atoms with Crippen molar-refractivity contribution < 1.29 is 4.79 Å². The molecule has 0 bridgehead atoms. The van der Waals surface area contributed by atoms with Gasteiger partial charge in [-0.3, -0.25) is 4.79 Å². The number of aromatic nitrogens is 2. The molecule has 112 valence electrons. The first-order valence-electron chi connectivity index (χ1n) is 6.97. The van der Waals surface area contributed by atoms with Gasteiger partial charge in [-0.15, -0.1) is 0 Å². The number of carbonyl (C=O) groups excluding carboxylic acids is 1. The fraction of sp³-hybridized carbons (Fsp3) is 0.235. The molecule has 0 aliphatic rings. The van der Waals surface area contributed by atoms with E-state index in [4.69, 9.17) is 11.6 Å². The number of nitrogens with zero attached hydrogens (tertiary/aromatic N) is 2. The number of hydrogen-bond donors (Lipinski definition) is 1. The number of halogens is 1. The Kier molecular flexibility index (Phi) is 5.51. The van der Waals surface area contributed by atoms with Gasteiger partial charge in [0.15, 0.2) is 0 Å². The first-order chi connectivity index (χ1) is 10.6. The minimum Gasteiger partial charge on any atom is -0.356 e. The Morgan fingerprint density at radius 2 is 1.77 bits per heavy atom. The minimum absolute atomic E-state index is 0.0275. The molecule has 22 heavy (non-hydrogen) atoms. The Hall–Kier alpha value is -2.38. The van der Waals surface area contributed by atoms with Crippen molar-refractivity contribution in [3.63, 3.8) is 0 Å². The van der Waals surface area contributed by atoms with Gasteiger partial charge >= 0.3 is 0 Å². The van der Waals surface area contributed by atoms with Crippen LogP contribution in [0.25, 0.3) is 0 Å². The summed E-state index contributed by atoms with van der Waals surface area (Å²) in [5.74, 6) is 5.85. The molecule has 1 heterocycles. The molecular weight excluding hydrogens is 298 g/mol. The van der Waals surface area contributed by atoms with Crippen molar-refractivity contribution in [2.24, 2.45) is 0 Å². The smallest absolute Gasteiger partial charge is 0.227 e. The van der Waals surface area contributed by atoms with E-state index in [1.807, 2.05) is 38.1 Å². The molecular formula is C17H16ClN3O. The second-order valence-corrected chi connectivity index (χ2v) is 5.07. The SMILES string of the molecule is CCNC(=O)[C@@H](C)c1ccc(C#Cc2cnc(Cl)nc2)cc1. The number of carbonyl (C=O) groups is 1. The molecule has 0 saturated carbocycles. The summed E-state index contributed by atoms with van der Waals surface area (Å²) in [6.45, 7) is 4.43. The van der Waals surface area contributed by atoms with Crippen LogP contribution in [0.3, 0.4) is 0 Å². The third-order valence-corrected chi connectivity index (χ3v) is 3.32. The molecule has 1 aromatic carbocycles. The van der Waals surface area contributed by atoms with Crippen LogP contribution in [0.4, 0.5) is 0 Å². The van der Waals surface area contributed by atoms with Crippen LogP contribution in [0.1, 0.15) is 36.5 Å². The standard InChI is InChI=1S/C17H16ClN3O/c1-3-19-16(22)12(2)15-8-6-13(7-9-15)4-5-14-10-20-17(18)21-11-14/h6-12H,3H2,1-2H3,(H,19,22)/t12-/m0/s1. The van der Waals surface area contributed by atoms with E-state index in [0.717, 1.165) is 11.1 Å². The highest BCUT2D eigenvalue weighted by atomic mass is 35.5. The van der Waals surface area contributed by atoms with Gasteiger partial charge in [-0.25, -0.2) is 9.97 Å². The highest BCUT2D eigenvalue weighted by Gasteiger charge is 2.13. The highest BCUT2D eigenvalue weighted by Crippen LogP contribution is 2.15. The van der Waals surface area contributed by atoms with E-state index in [0.29, 0.717) is 12.1 Å². The number of rotatable bonds is 3. The molecule has 0 aliphatic heterocycles. The van der Waals surface area contributed by atoms with E-state index < -0.39 is 0 Å². The second kappa shape index (κ2) is 7.58. The first kappa shape index (κ1) is 16.0. The lowest BCUT2D eigenvalue weighted by molar-refractivity contribution is -0.122. The van der Waals surface area contributed by atoms with Gasteiger partial charge in [-0.05, 0) is 43.1 Å². The van der Waals surface area contributed by atoms with Crippen molar-refractivity contribution in [2.75, 3.05) is 6.54 Å². The van der Waals surface area contributed by atoms with E-state index in [1.54, 1.807) is 12.4 Å². The Balaban J connectivity index is 2.09. The number of likely N-dealkylation sites (N-methyl/N-ethyl adjacent to an activating group) is 1. The zero-order chi connectivity index (χ0) is 15.9. The van der Waals surface area contributed by atoms with Crippen LogP contribution >= 0.6 is 11.6 Å². The van der Waals surface area contributed by atoms with E-state index in [2.05, 4.69) is 27.1 Å². The fourth-order valence-electron chi connectivity index (χ4n) is 1.85. The van der Waals surface area contributed by atoms with Gasteiger partial charge in [-0.1, -0.05) is 24.0 Å². The first-order valence-corrected chi connectivity index (χ1v) is 7.35. The average Bonchev–Trinajstić information content (AvgIpc) is 2.54. The Bertz CT molecular complexity index is 699. The molecule has 1 atom stereocenters. The highest BCUT2D eigenvalue weighted by molar-refractivity contribution is 6.28. The largest absolute Gasteiger partial charge is 0.356 e. The average molecular weight is 314 g/mol. The van der Waals surface area contributed by atoms with Gasteiger partial charge in [0.25, 0.3) is 0 Å². The van der Waals surface area contributed by atoms with Crippen LogP contribution in [-0.4, -0.2) is 22.4 Å². The molecule has 0 saturated heterocycles. The molecule has 2 rings (SSSR count). The maximum absolute atomic E-state index is 11.8. The number of nitrogens with one attached hydrogen (secondary N) is 1. The summed E-state index contributed by atoms with van der Waals surface area (Å²) in [5.41, 5.74) is 2.53. The van der Waals surface area contributed by atoms with Crippen molar-refractivity contribution in [1.82, 2.24) is 15.3 Å². The molecule has 0 aliphatic carbocycles. The second-order valence-electron chi connectivity index (χ2n) is 4.73. The van der Waals surface area contributed by atoms with Crippen LogP contribution in [0.15, 0.2) is 36.7 Å². The maximum atomic E-state index is 11.8. The normalized spacial score (nSPS) is 11.2. The zero-order valence-electron chi connectivity index (χ0n) is 12.4. The summed E-state index contributed by atoms with van der Waals surface area (Å²) >= 11 is 5.62. The number of hydrogen-bond acceptors (Lipinski definition) is 3. The van der Waals surface area contributed by atoms with Crippen molar-refractivity contribution in [3.8, 4) is 11.8 Å². The maximum Gasteiger partial charge on any atom is 0.227 e. The predicted molar refractivity (Wildman–Crippen MR) is 86.6 cm³/mol. The molecule has 2 aromatic rings. The minimum atomic E-state index is -0.174. The van der Waals surface area contributed by atoms with Gasteiger partial charge in [0.2, 0.25) is 11.2 Å².